The Kier molecular flexibility index (Phi) is 3.09. The molecule has 0 aromatic rings. The molecule has 0 aromatic heterocycles. The van der Waals surface area contributed by atoms with Gasteiger partial charge >= 0.3 is 5.97 Å². The topological polar surface area (TPSA) is 49.3 Å². The van der Waals surface area contributed by atoms with E-state index in [0.717, 1.165) is 6.08 Å². The minimum Gasteiger partial charge on any atom is -0.478 e. The summed E-state index contributed by atoms with van der Waals surface area (Å²) in [6.45, 7) is 3.79. The van der Waals surface area contributed by atoms with Gasteiger partial charge in [0.15, 0.2) is 0 Å². The Hall–Kier alpha value is -0.830. The second-order valence-electron chi connectivity index (χ2n) is 2.64. The van der Waals surface area contributed by atoms with E-state index < -0.39 is 5.97 Å². The summed E-state index contributed by atoms with van der Waals surface area (Å²) in [5.74, 6) is -0.914. The first-order valence-electron chi connectivity index (χ1n) is 3.09. The Balaban J connectivity index is 3.99. The zero-order chi connectivity index (χ0) is 8.20. The highest BCUT2D eigenvalue weighted by atomic mass is 16.4. The fourth-order valence-corrected chi connectivity index (χ4v) is 0.363. The van der Waals surface area contributed by atoms with Crippen LogP contribution in [0, 0.1) is 0 Å². The highest BCUT2D eigenvalue weighted by molar-refractivity contribution is 5.79. The average Bonchev–Trinajstić information content (AvgIpc) is 1.85. The van der Waals surface area contributed by atoms with Gasteiger partial charge in [-0.1, -0.05) is 6.08 Å². The van der Waals surface area contributed by atoms with Crippen molar-refractivity contribution in [2.45, 2.75) is 19.4 Å². The van der Waals surface area contributed by atoms with E-state index in [9.17, 15) is 4.79 Å². The average molecular weight is 143 g/mol. The molecule has 10 heavy (non-hydrogen) atoms. The van der Waals surface area contributed by atoms with Crippen molar-refractivity contribution in [3.8, 4) is 0 Å². The van der Waals surface area contributed by atoms with Gasteiger partial charge in [-0.15, -0.1) is 0 Å². The molecule has 0 heterocycles. The summed E-state index contributed by atoms with van der Waals surface area (Å²) in [4.78, 5) is 10.0. The first kappa shape index (κ1) is 9.17. The van der Waals surface area contributed by atoms with Gasteiger partial charge in [-0.2, -0.15) is 0 Å². The van der Waals surface area contributed by atoms with Gasteiger partial charge in [0.05, 0.1) is 0 Å². The zero-order valence-corrected chi connectivity index (χ0v) is 6.51. The molecular weight excluding hydrogens is 130 g/mol. The molecule has 0 aliphatic carbocycles. The van der Waals surface area contributed by atoms with E-state index in [1.165, 1.54) is 0 Å². The monoisotopic (exact) mass is 143 g/mol. The van der Waals surface area contributed by atoms with E-state index in [-0.39, 0.29) is 5.54 Å². The van der Waals surface area contributed by atoms with E-state index in [1.807, 2.05) is 13.8 Å². The summed E-state index contributed by atoms with van der Waals surface area (Å²) in [6, 6.07) is 0. The van der Waals surface area contributed by atoms with Crippen LogP contribution in [0.25, 0.3) is 0 Å². The molecule has 0 unspecified atom stereocenters. The number of hydrogen-bond acceptors (Lipinski definition) is 2. The first-order chi connectivity index (χ1) is 4.48. The maximum Gasteiger partial charge on any atom is 0.328 e. The van der Waals surface area contributed by atoms with E-state index in [0.29, 0.717) is 0 Å². The molecule has 0 saturated carbocycles. The molecule has 0 atom stereocenters. The van der Waals surface area contributed by atoms with Crippen LogP contribution >= 0.6 is 0 Å². The smallest absolute Gasteiger partial charge is 0.328 e. The molecule has 0 amide bonds. The van der Waals surface area contributed by atoms with Crippen LogP contribution in [0.2, 0.25) is 0 Å². The quantitative estimate of drug-likeness (QED) is 0.569. The Morgan fingerprint density at radius 1 is 1.60 bits per heavy atom. The van der Waals surface area contributed by atoms with Crippen molar-refractivity contribution >= 4 is 5.97 Å². The van der Waals surface area contributed by atoms with Crippen LogP contribution in [0.3, 0.4) is 0 Å². The van der Waals surface area contributed by atoms with E-state index >= 15 is 0 Å². The Morgan fingerprint density at radius 3 is 2.40 bits per heavy atom. The van der Waals surface area contributed by atoms with Gasteiger partial charge in [-0.05, 0) is 20.9 Å². The first-order valence-corrected chi connectivity index (χ1v) is 3.09. The fourth-order valence-electron chi connectivity index (χ4n) is 0.363. The summed E-state index contributed by atoms with van der Waals surface area (Å²) in [7, 11) is 1.78. The van der Waals surface area contributed by atoms with Crippen molar-refractivity contribution < 1.29 is 9.90 Å². The second-order valence-corrected chi connectivity index (χ2v) is 2.64. The number of likely N-dealkylation sites (N-methyl/N-ethyl adjacent to an activating group) is 1. The minimum absolute atomic E-state index is 0.238. The summed E-state index contributed by atoms with van der Waals surface area (Å²) >= 11 is 0. The van der Waals surface area contributed by atoms with Crippen molar-refractivity contribution in [2.75, 3.05) is 7.05 Å². The third-order valence-electron chi connectivity index (χ3n) is 1.29. The van der Waals surface area contributed by atoms with Gasteiger partial charge in [0.1, 0.15) is 0 Å². The van der Waals surface area contributed by atoms with Crippen molar-refractivity contribution in [1.82, 2.24) is 5.32 Å². The molecule has 0 spiro atoms. The molecule has 0 radical (unpaired) electrons. The lowest BCUT2D eigenvalue weighted by Gasteiger charge is -2.17. The highest BCUT2D eigenvalue weighted by Gasteiger charge is 2.08. The van der Waals surface area contributed by atoms with Gasteiger partial charge in [-0.3, -0.25) is 0 Å². The predicted octanol–water partition coefficient (Wildman–Crippen LogP) is 0.625. The van der Waals surface area contributed by atoms with Crippen LogP contribution in [-0.2, 0) is 4.79 Å². The van der Waals surface area contributed by atoms with Crippen LogP contribution in [0.5, 0.6) is 0 Å². The fraction of sp³-hybridized carbons (Fsp3) is 0.571. The van der Waals surface area contributed by atoms with Gasteiger partial charge in [-0.25, -0.2) is 4.79 Å². The molecule has 0 bridgehead atoms. The molecule has 58 valence electrons. The van der Waals surface area contributed by atoms with Crippen LogP contribution in [-0.4, -0.2) is 23.7 Å². The molecule has 0 aliphatic heterocycles. The van der Waals surface area contributed by atoms with Crippen molar-refractivity contribution in [2.24, 2.45) is 0 Å². The second kappa shape index (κ2) is 3.37. The van der Waals surface area contributed by atoms with Gasteiger partial charge in [0.2, 0.25) is 0 Å². The van der Waals surface area contributed by atoms with E-state index in [4.69, 9.17) is 5.11 Å². The maximum atomic E-state index is 10.0. The molecule has 3 nitrogen and oxygen atoms in total. The Morgan fingerprint density at radius 2 is 2.10 bits per heavy atom. The lowest BCUT2D eigenvalue weighted by Crippen LogP contribution is -2.33. The molecule has 0 saturated heterocycles. The number of carboxylic acid groups (broad SMARTS) is 1. The molecule has 3 heteroatoms. The standard InChI is InChI=1S/C7H13NO2/c1-7(2,8-3)5-4-6(9)10/h4-5,8H,1-3H3,(H,9,10)/b5-4+. The summed E-state index contributed by atoms with van der Waals surface area (Å²) in [5, 5.41) is 11.2. The van der Waals surface area contributed by atoms with Gasteiger partial charge in [0.25, 0.3) is 0 Å². The van der Waals surface area contributed by atoms with E-state index in [2.05, 4.69) is 5.32 Å². The highest BCUT2D eigenvalue weighted by Crippen LogP contribution is 2.01. The summed E-state index contributed by atoms with van der Waals surface area (Å²) in [6.07, 6.45) is 2.74. The largest absolute Gasteiger partial charge is 0.478 e. The zero-order valence-electron chi connectivity index (χ0n) is 6.51. The van der Waals surface area contributed by atoms with Crippen LogP contribution in [0.1, 0.15) is 13.8 Å². The molecular formula is C7H13NO2. The molecule has 0 fully saturated rings. The Bertz CT molecular complexity index is 150. The lowest BCUT2D eigenvalue weighted by molar-refractivity contribution is -0.131. The normalized spacial score (nSPS) is 12.3. The van der Waals surface area contributed by atoms with Crippen LogP contribution in [0.15, 0.2) is 12.2 Å². The number of hydrogen-bond donors (Lipinski definition) is 2. The van der Waals surface area contributed by atoms with Crippen molar-refractivity contribution in [1.29, 1.82) is 0 Å². The van der Waals surface area contributed by atoms with E-state index in [1.54, 1.807) is 13.1 Å². The number of rotatable bonds is 3. The van der Waals surface area contributed by atoms with Gasteiger partial charge in [0, 0.05) is 11.6 Å². The number of nitrogens with one attached hydrogen (secondary N) is 1. The molecule has 0 aromatic carbocycles. The number of aliphatic carboxylic acids is 1. The van der Waals surface area contributed by atoms with Crippen molar-refractivity contribution in [3.63, 3.8) is 0 Å². The minimum atomic E-state index is -0.914. The molecule has 0 aliphatic rings. The van der Waals surface area contributed by atoms with Crippen LogP contribution < -0.4 is 5.32 Å². The lowest BCUT2D eigenvalue weighted by atomic mass is 10.1. The van der Waals surface area contributed by atoms with Crippen LogP contribution in [0.4, 0.5) is 0 Å². The number of carbonyl (C=O) groups is 1. The summed E-state index contributed by atoms with van der Waals surface area (Å²) in [5.41, 5.74) is -0.238. The predicted molar refractivity (Wildman–Crippen MR) is 39.9 cm³/mol. The maximum absolute atomic E-state index is 10.0. The summed E-state index contributed by atoms with van der Waals surface area (Å²) < 4.78 is 0. The number of carboxylic acids is 1. The van der Waals surface area contributed by atoms with Gasteiger partial charge < -0.3 is 10.4 Å². The SMILES string of the molecule is CNC(C)(C)/C=C/C(=O)O. The molecule has 0 rings (SSSR count). The third kappa shape index (κ3) is 4.09. The van der Waals surface area contributed by atoms with Crippen molar-refractivity contribution in [3.05, 3.63) is 12.2 Å². The third-order valence-corrected chi connectivity index (χ3v) is 1.29. The Labute approximate surface area is 60.7 Å². The molecule has 2 N–H and O–H groups in total.